The largest absolute Gasteiger partial charge is 1.00 e. The Balaban J connectivity index is 0.00000666. The number of ketones is 2. The van der Waals surface area contributed by atoms with Crippen LogP contribution in [0.15, 0.2) is 139 Å². The molecule has 26 heteroatoms. The van der Waals surface area contributed by atoms with Crippen molar-refractivity contribution in [1.29, 1.82) is 0 Å². The fourth-order valence-corrected chi connectivity index (χ4v) is 9.86. The van der Waals surface area contributed by atoms with E-state index in [9.17, 15) is 66.3 Å². The Morgan fingerprint density at radius 1 is 0.463 bits per heavy atom. The van der Waals surface area contributed by atoms with Crippen molar-refractivity contribution in [1.82, 2.24) is 0 Å². The molecule has 6 aromatic rings. The molecule has 0 heterocycles. The van der Waals surface area contributed by atoms with Crippen LogP contribution < -0.4 is 51.0 Å². The normalized spacial score (nSPS) is 15.3. The van der Waals surface area contributed by atoms with Gasteiger partial charge >= 0.3 is 35.6 Å². The van der Waals surface area contributed by atoms with Crippen molar-refractivity contribution in [2.24, 2.45) is 10.2 Å². The van der Waals surface area contributed by atoms with Crippen LogP contribution in [0.3, 0.4) is 0 Å². The van der Waals surface area contributed by atoms with E-state index < -0.39 is 89.1 Å². The molecule has 0 unspecified atom stereocenters. The van der Waals surface area contributed by atoms with E-state index in [-0.39, 0.29) is 96.1 Å². The van der Waals surface area contributed by atoms with Crippen LogP contribution in [0.1, 0.15) is 31.8 Å². The first kappa shape index (κ1) is 48.4. The van der Waals surface area contributed by atoms with Gasteiger partial charge in [0.2, 0.25) is 11.6 Å². The first-order valence-electron chi connectivity index (χ1n) is 18.5. The van der Waals surface area contributed by atoms with Gasteiger partial charge in [0.1, 0.15) is 19.6 Å². The molecule has 6 aromatic carbocycles. The molecule has 2 aliphatic carbocycles. The van der Waals surface area contributed by atoms with Gasteiger partial charge < -0.3 is 10.6 Å². The summed E-state index contributed by atoms with van der Waals surface area (Å²) >= 11 is 0. The van der Waals surface area contributed by atoms with E-state index in [1.807, 2.05) is 0 Å². The van der Waals surface area contributed by atoms with Crippen LogP contribution in [0, 0.1) is 0 Å². The third-order valence-electron chi connectivity index (χ3n) is 10.0. The predicted molar refractivity (Wildman–Crippen MR) is 243 cm³/mol. The van der Waals surface area contributed by atoms with Gasteiger partial charge in [0, 0.05) is 44.0 Å². The van der Waals surface area contributed by atoms with E-state index in [2.05, 4.69) is 31.7 Å². The van der Waals surface area contributed by atoms with E-state index >= 15 is 0 Å². The van der Waals surface area contributed by atoms with Gasteiger partial charge in [0.25, 0.3) is 40.5 Å². The molecule has 0 atom stereocenters. The average Bonchev–Trinajstić information content (AvgIpc) is 3.23. The first-order valence-corrected chi connectivity index (χ1v) is 24.3. The molecule has 2 amide bonds. The number of nitrogens with zero attached hydrogens (tertiary/aromatic N) is 2. The van der Waals surface area contributed by atoms with Gasteiger partial charge in [-0.2, -0.15) is 43.9 Å². The minimum Gasteiger partial charge on any atom is -0.308 e. The Morgan fingerprint density at radius 3 is 1.16 bits per heavy atom. The predicted octanol–water partition coefficient (Wildman–Crippen LogP) is 2.92. The SMILES string of the molecule is O=C(Nc1ccc2c(c1)C=C(S(=O)(=O)O)/C(=N\Nc1ccc(S(=O)(=O)O)c3ccccc13)C2=O)Nc1ccc2c(c1)C=C(S(=O)(=O)O)/C(=N\Nc1ccc(S(=O)(=O)O)c3ccccc13)C2=O.[Na+]. The minimum absolute atomic E-state index is 0. The number of rotatable bonds is 10. The Morgan fingerprint density at radius 2 is 0.821 bits per heavy atom. The molecule has 8 N–H and O–H groups in total. The Labute approximate surface area is 401 Å². The topological polar surface area (TPSA) is 342 Å². The van der Waals surface area contributed by atoms with E-state index in [4.69, 9.17) is 0 Å². The molecule has 0 bridgehead atoms. The molecule has 67 heavy (non-hydrogen) atoms. The number of urea groups is 1. The van der Waals surface area contributed by atoms with Gasteiger partial charge in [0.05, 0.1) is 11.4 Å². The number of fused-ring (bicyclic) bond motifs is 4. The molecule has 0 saturated carbocycles. The number of hydrazone groups is 2. The molecule has 21 nitrogen and oxygen atoms in total. The van der Waals surface area contributed by atoms with Crippen LogP contribution in [0.5, 0.6) is 0 Å². The van der Waals surface area contributed by atoms with E-state index in [1.54, 1.807) is 12.1 Å². The molecular formula is C41H28N6NaO15S4+. The number of Topliss-reactive ketones (excluding diaryl/α,β-unsaturated/α-hetero) is 2. The summed E-state index contributed by atoms with van der Waals surface area (Å²) in [5.41, 5.74) is 3.53. The van der Waals surface area contributed by atoms with Crippen molar-refractivity contribution in [3.8, 4) is 0 Å². The molecule has 0 radical (unpaired) electrons. The smallest absolute Gasteiger partial charge is 0.308 e. The summed E-state index contributed by atoms with van der Waals surface area (Å²) in [6.45, 7) is 0. The fourth-order valence-electron chi connectivity index (χ4n) is 7.15. The third kappa shape index (κ3) is 9.83. The van der Waals surface area contributed by atoms with Crippen molar-refractivity contribution in [3.63, 3.8) is 0 Å². The molecule has 0 spiro atoms. The van der Waals surface area contributed by atoms with E-state index in [0.29, 0.717) is 0 Å². The molecule has 0 aliphatic heterocycles. The molecule has 336 valence electrons. The minimum atomic E-state index is -5.12. The number of nitrogens with one attached hydrogen (secondary N) is 4. The molecule has 0 saturated heterocycles. The number of carbonyl (C=O) groups excluding carboxylic acids is 3. The van der Waals surface area contributed by atoms with Crippen LogP contribution >= 0.6 is 0 Å². The van der Waals surface area contributed by atoms with Crippen LogP contribution in [0.25, 0.3) is 33.7 Å². The van der Waals surface area contributed by atoms with Crippen molar-refractivity contribution < 1.29 is 95.8 Å². The third-order valence-corrected chi connectivity index (χ3v) is 13.6. The summed E-state index contributed by atoms with van der Waals surface area (Å²) in [5.74, 6) is -1.93. The summed E-state index contributed by atoms with van der Waals surface area (Å²) in [6, 6.07) is 23.1. The standard InChI is InChI=1S/C41H28N6O15S4.Na/c48-39-25-11-9-23(17-21(25)19-35(65(57,58)59)37(39)46-44-31-13-15-33(63(51,52)53)29-7-3-1-5-27(29)31)42-41(50)43-24-10-12-26-22(18-24)20-36(66(60,61)62)38(40(26)49)47-45-32-14-16-34(64(54,55)56)30-8-4-2-6-28(30)32;/h1-20,44-45H,(H2,42,43,50)(H,51,52,53)(H,54,55,56)(H,57,58,59)(H,60,61,62);/q;+1/b46-37+,47-38+;. The van der Waals surface area contributed by atoms with Gasteiger partial charge in [-0.1, -0.05) is 48.5 Å². The van der Waals surface area contributed by atoms with Crippen molar-refractivity contribution in [3.05, 3.63) is 141 Å². The summed E-state index contributed by atoms with van der Waals surface area (Å²) in [7, 11) is -19.5. The van der Waals surface area contributed by atoms with Gasteiger partial charge in [-0.25, -0.2) is 4.79 Å². The Bertz CT molecular complexity index is 3540. The summed E-state index contributed by atoms with van der Waals surface area (Å²) < 4.78 is 137. The second kappa shape index (κ2) is 18.0. The zero-order chi connectivity index (χ0) is 47.5. The van der Waals surface area contributed by atoms with Gasteiger partial charge in [-0.15, -0.1) is 0 Å². The zero-order valence-corrected chi connectivity index (χ0v) is 39.1. The molecule has 8 rings (SSSR count). The maximum atomic E-state index is 13.6. The molecule has 0 aromatic heterocycles. The number of carbonyl (C=O) groups is 3. The Hall–Kier alpha value is -6.49. The number of hydrogen-bond donors (Lipinski definition) is 8. The van der Waals surface area contributed by atoms with Crippen LogP contribution in [-0.2, 0) is 40.5 Å². The van der Waals surface area contributed by atoms with Crippen molar-refractivity contribution in [2.45, 2.75) is 9.79 Å². The maximum absolute atomic E-state index is 13.6. The van der Waals surface area contributed by atoms with Crippen molar-refractivity contribution >= 4 is 126 Å². The summed E-state index contributed by atoms with van der Waals surface area (Å²) in [4.78, 5) is 37.8. The summed E-state index contributed by atoms with van der Waals surface area (Å²) in [5, 5.41) is 13.5. The second-order valence-corrected chi connectivity index (χ2v) is 19.8. The fraction of sp³-hybridized carbons (Fsp3) is 0. The number of allylic oxidation sites excluding steroid dienone is 2. The van der Waals surface area contributed by atoms with E-state index in [1.165, 1.54) is 84.9 Å². The van der Waals surface area contributed by atoms with Crippen LogP contribution in [0.2, 0.25) is 0 Å². The second-order valence-electron chi connectivity index (χ2n) is 14.2. The Kier molecular flexibility index (Phi) is 13.0. The van der Waals surface area contributed by atoms with Crippen molar-refractivity contribution in [2.75, 3.05) is 21.5 Å². The average molecular weight is 996 g/mol. The number of anilines is 4. The first-order chi connectivity index (χ1) is 31.0. The van der Waals surface area contributed by atoms with Gasteiger partial charge in [-0.3, -0.25) is 38.7 Å². The summed E-state index contributed by atoms with van der Waals surface area (Å²) in [6.07, 6.45) is 1.87. The van der Waals surface area contributed by atoms with Crippen LogP contribution in [-0.4, -0.2) is 80.9 Å². The maximum Gasteiger partial charge on any atom is 1.00 e. The molecular weight excluding hydrogens is 968 g/mol. The number of benzene rings is 6. The number of hydrogen-bond acceptors (Lipinski definition) is 15. The quantitative estimate of drug-likeness (QED) is 0.0556. The zero-order valence-electron chi connectivity index (χ0n) is 33.9. The monoisotopic (exact) mass is 995 g/mol. The van der Waals surface area contributed by atoms with Crippen LogP contribution in [0.4, 0.5) is 27.5 Å². The van der Waals surface area contributed by atoms with Gasteiger partial charge in [-0.05, 0) is 83.9 Å². The number of amides is 2. The van der Waals surface area contributed by atoms with Gasteiger partial charge in [0.15, 0.2) is 11.4 Å². The molecule has 0 fully saturated rings. The van der Waals surface area contributed by atoms with E-state index in [0.717, 1.165) is 24.3 Å². The molecule has 2 aliphatic rings.